The van der Waals surface area contributed by atoms with Gasteiger partial charge >= 0.3 is 0 Å². The van der Waals surface area contributed by atoms with Gasteiger partial charge in [-0.25, -0.2) is 0 Å². The SMILES string of the molecule is NC1(Cl)C=CC([N+](=O)[O-])=CC1[N+](=O)[O-]. The van der Waals surface area contributed by atoms with Gasteiger partial charge < -0.3 is 5.73 Å². The van der Waals surface area contributed by atoms with Gasteiger partial charge in [-0.05, 0) is 6.08 Å². The van der Waals surface area contributed by atoms with Crippen molar-refractivity contribution in [2.75, 3.05) is 0 Å². The van der Waals surface area contributed by atoms with Crippen LogP contribution in [0.1, 0.15) is 0 Å². The number of allylic oxidation sites excluding steroid dienone is 1. The van der Waals surface area contributed by atoms with E-state index in [0.29, 0.717) is 0 Å². The molecule has 1 aliphatic rings. The van der Waals surface area contributed by atoms with Crippen molar-refractivity contribution < 1.29 is 9.85 Å². The molecule has 1 aliphatic carbocycles. The van der Waals surface area contributed by atoms with Crippen LogP contribution in [-0.4, -0.2) is 20.9 Å². The molecule has 2 unspecified atom stereocenters. The van der Waals surface area contributed by atoms with Gasteiger partial charge in [-0.3, -0.25) is 20.2 Å². The predicted molar refractivity (Wildman–Crippen MR) is 47.8 cm³/mol. The van der Waals surface area contributed by atoms with Gasteiger partial charge in [0.25, 0.3) is 11.7 Å². The lowest BCUT2D eigenvalue weighted by Gasteiger charge is -2.21. The van der Waals surface area contributed by atoms with Crippen LogP contribution >= 0.6 is 11.6 Å². The zero-order valence-corrected chi connectivity index (χ0v) is 7.55. The molecule has 0 radical (unpaired) electrons. The van der Waals surface area contributed by atoms with E-state index in [2.05, 4.69) is 0 Å². The highest BCUT2D eigenvalue weighted by Gasteiger charge is 2.43. The Balaban J connectivity index is 3.07. The fraction of sp³-hybridized carbons (Fsp3) is 0.333. The minimum absolute atomic E-state index is 0.381. The molecule has 0 saturated carbocycles. The normalized spacial score (nSPS) is 31.0. The van der Waals surface area contributed by atoms with Crippen LogP contribution in [-0.2, 0) is 0 Å². The van der Waals surface area contributed by atoms with E-state index >= 15 is 0 Å². The molecule has 0 bridgehead atoms. The Bertz CT molecular complexity index is 349. The van der Waals surface area contributed by atoms with Crippen LogP contribution in [0.2, 0.25) is 0 Å². The fourth-order valence-electron chi connectivity index (χ4n) is 1.00. The molecule has 0 heterocycles. The summed E-state index contributed by atoms with van der Waals surface area (Å²) in [6.07, 6.45) is 2.92. The molecule has 0 aromatic carbocycles. The van der Waals surface area contributed by atoms with Gasteiger partial charge in [0.05, 0.1) is 11.0 Å². The summed E-state index contributed by atoms with van der Waals surface area (Å²) in [7, 11) is 0. The third-order valence-electron chi connectivity index (χ3n) is 1.73. The van der Waals surface area contributed by atoms with Crippen molar-refractivity contribution in [3.63, 3.8) is 0 Å². The van der Waals surface area contributed by atoms with Crippen LogP contribution in [0, 0.1) is 20.2 Å². The van der Waals surface area contributed by atoms with Gasteiger partial charge in [0.2, 0.25) is 0 Å². The first-order chi connectivity index (χ1) is 6.34. The van der Waals surface area contributed by atoms with Gasteiger partial charge in [-0.1, -0.05) is 11.6 Å². The van der Waals surface area contributed by atoms with Crippen molar-refractivity contribution in [3.05, 3.63) is 44.2 Å². The molecular formula is C6H6ClN3O4. The molecule has 0 amide bonds. The van der Waals surface area contributed by atoms with Gasteiger partial charge in [-0.15, -0.1) is 0 Å². The number of nitrogens with zero attached hydrogens (tertiary/aromatic N) is 2. The van der Waals surface area contributed by atoms with Crippen LogP contribution in [0.25, 0.3) is 0 Å². The molecule has 2 atom stereocenters. The minimum atomic E-state index is -1.71. The molecule has 0 fully saturated rings. The van der Waals surface area contributed by atoms with Crippen molar-refractivity contribution in [2.45, 2.75) is 11.0 Å². The van der Waals surface area contributed by atoms with Gasteiger partial charge in [0.1, 0.15) is 0 Å². The van der Waals surface area contributed by atoms with Gasteiger partial charge in [0.15, 0.2) is 5.00 Å². The Kier molecular flexibility index (Phi) is 2.54. The second kappa shape index (κ2) is 3.35. The van der Waals surface area contributed by atoms with Crippen LogP contribution in [0.3, 0.4) is 0 Å². The van der Waals surface area contributed by atoms with E-state index in [1.807, 2.05) is 0 Å². The summed E-state index contributed by atoms with van der Waals surface area (Å²) in [4.78, 5) is 17.6. The minimum Gasteiger partial charge on any atom is -0.303 e. The highest BCUT2D eigenvalue weighted by molar-refractivity contribution is 6.25. The lowest BCUT2D eigenvalue weighted by Crippen LogP contribution is -2.48. The standard InChI is InChI=1S/C6H6ClN3O4/c7-6(8)2-1-4(9(11)12)3-5(6)10(13)14/h1-3,5H,8H2. The second-order valence-corrected chi connectivity index (χ2v) is 3.39. The molecule has 8 heteroatoms. The van der Waals surface area contributed by atoms with E-state index in [0.717, 1.165) is 18.2 Å². The monoisotopic (exact) mass is 219 g/mol. The molecule has 0 aromatic heterocycles. The third-order valence-corrected chi connectivity index (χ3v) is 2.08. The second-order valence-electron chi connectivity index (χ2n) is 2.74. The van der Waals surface area contributed by atoms with Crippen molar-refractivity contribution in [2.24, 2.45) is 5.73 Å². The average molecular weight is 220 g/mol. The Hall–Kier alpha value is -1.47. The largest absolute Gasteiger partial charge is 0.303 e. The van der Waals surface area contributed by atoms with E-state index in [4.69, 9.17) is 17.3 Å². The van der Waals surface area contributed by atoms with Crippen LogP contribution in [0.5, 0.6) is 0 Å². The summed E-state index contributed by atoms with van der Waals surface area (Å²) in [5.74, 6) is 0. The van der Waals surface area contributed by atoms with Crippen LogP contribution in [0.15, 0.2) is 23.9 Å². The van der Waals surface area contributed by atoms with Crippen molar-refractivity contribution >= 4 is 11.6 Å². The first-order valence-electron chi connectivity index (χ1n) is 3.51. The Morgan fingerprint density at radius 1 is 1.50 bits per heavy atom. The van der Waals surface area contributed by atoms with Crippen molar-refractivity contribution in [1.82, 2.24) is 0 Å². The van der Waals surface area contributed by atoms with Gasteiger partial charge in [-0.2, -0.15) is 0 Å². The molecule has 0 saturated heterocycles. The zero-order chi connectivity index (χ0) is 10.9. The fourth-order valence-corrected chi connectivity index (χ4v) is 1.21. The molecule has 76 valence electrons. The number of rotatable bonds is 2. The Morgan fingerprint density at radius 3 is 2.50 bits per heavy atom. The molecule has 2 N–H and O–H groups in total. The molecule has 0 aliphatic heterocycles. The molecule has 1 rings (SSSR count). The predicted octanol–water partition coefficient (Wildman–Crippen LogP) is 0.256. The van der Waals surface area contributed by atoms with E-state index in [1.54, 1.807) is 0 Å². The maximum absolute atomic E-state index is 10.5. The number of alkyl halides is 1. The summed E-state index contributed by atoms with van der Waals surface area (Å²) < 4.78 is 0. The lowest BCUT2D eigenvalue weighted by atomic mass is 10.0. The summed E-state index contributed by atoms with van der Waals surface area (Å²) in [6, 6.07) is -1.49. The molecule has 0 spiro atoms. The van der Waals surface area contributed by atoms with Crippen LogP contribution < -0.4 is 5.73 Å². The first-order valence-corrected chi connectivity index (χ1v) is 3.89. The molecular weight excluding hydrogens is 214 g/mol. The summed E-state index contributed by atoms with van der Waals surface area (Å²) in [5, 5.41) is 20.8. The maximum atomic E-state index is 10.5. The number of hydrogen-bond donors (Lipinski definition) is 1. The molecule has 7 nitrogen and oxygen atoms in total. The number of hydrogen-bond acceptors (Lipinski definition) is 5. The van der Waals surface area contributed by atoms with E-state index < -0.39 is 20.9 Å². The van der Waals surface area contributed by atoms with Gasteiger partial charge in [0, 0.05) is 11.0 Å². The summed E-state index contributed by atoms with van der Waals surface area (Å²) >= 11 is 5.59. The lowest BCUT2D eigenvalue weighted by molar-refractivity contribution is -0.516. The van der Waals surface area contributed by atoms with Crippen molar-refractivity contribution in [1.29, 1.82) is 0 Å². The molecule has 0 aromatic rings. The number of nitrogens with two attached hydrogens (primary N) is 1. The average Bonchev–Trinajstić information content (AvgIpc) is 2.02. The highest BCUT2D eigenvalue weighted by Crippen LogP contribution is 2.25. The van der Waals surface area contributed by atoms with E-state index in [-0.39, 0.29) is 5.70 Å². The molecule has 14 heavy (non-hydrogen) atoms. The maximum Gasteiger partial charge on any atom is 0.273 e. The van der Waals surface area contributed by atoms with E-state index in [9.17, 15) is 20.2 Å². The van der Waals surface area contributed by atoms with E-state index in [1.165, 1.54) is 0 Å². The first kappa shape index (κ1) is 10.6. The summed E-state index contributed by atoms with van der Waals surface area (Å²) in [5.41, 5.74) is 4.97. The third kappa shape index (κ3) is 1.88. The Morgan fingerprint density at radius 2 is 2.07 bits per heavy atom. The number of halogens is 1. The van der Waals surface area contributed by atoms with Crippen LogP contribution in [0.4, 0.5) is 0 Å². The smallest absolute Gasteiger partial charge is 0.273 e. The zero-order valence-electron chi connectivity index (χ0n) is 6.79. The summed E-state index contributed by atoms with van der Waals surface area (Å²) in [6.45, 7) is 0. The number of nitro groups is 2. The quantitative estimate of drug-likeness (QED) is 0.310. The Labute approximate surface area is 83.1 Å². The topological polar surface area (TPSA) is 112 Å². The van der Waals surface area contributed by atoms with Crippen molar-refractivity contribution in [3.8, 4) is 0 Å². The highest BCUT2D eigenvalue weighted by atomic mass is 35.5.